The van der Waals surface area contributed by atoms with Gasteiger partial charge in [0.1, 0.15) is 0 Å². The van der Waals surface area contributed by atoms with E-state index in [2.05, 4.69) is 31.3 Å². The SMILES string of the molecule is CCCCCC/C=C/CC/C=C/[C@@H](O)[C@H](CO)NC(=O)CCCCCCCCCCCCCCCCCCC. The molecule has 0 aliphatic carbocycles. The van der Waals surface area contributed by atoms with Gasteiger partial charge >= 0.3 is 0 Å². The van der Waals surface area contributed by atoms with Crippen LogP contribution in [0, 0.1) is 0 Å². The molecule has 230 valence electrons. The second kappa shape index (κ2) is 31.4. The summed E-state index contributed by atoms with van der Waals surface area (Å²) in [7, 11) is 0. The number of carbonyl (C=O) groups is 1. The molecule has 0 aromatic heterocycles. The molecule has 0 aliphatic heterocycles. The Hall–Kier alpha value is -1.13. The monoisotopic (exact) mass is 550 g/mol. The van der Waals surface area contributed by atoms with Crippen molar-refractivity contribution in [3.05, 3.63) is 24.3 Å². The van der Waals surface area contributed by atoms with E-state index in [9.17, 15) is 15.0 Å². The van der Waals surface area contributed by atoms with Gasteiger partial charge in [0.2, 0.25) is 5.91 Å². The fourth-order valence-corrected chi connectivity index (χ4v) is 5.02. The number of nitrogens with one attached hydrogen (secondary N) is 1. The maximum atomic E-state index is 12.3. The number of aliphatic hydroxyl groups excluding tert-OH is 2. The van der Waals surface area contributed by atoms with Gasteiger partial charge in [-0.15, -0.1) is 0 Å². The van der Waals surface area contributed by atoms with Gasteiger partial charge in [0, 0.05) is 6.42 Å². The average Bonchev–Trinajstić information content (AvgIpc) is 2.94. The molecule has 4 heteroatoms. The summed E-state index contributed by atoms with van der Waals surface area (Å²) in [5, 5.41) is 22.7. The van der Waals surface area contributed by atoms with Crippen LogP contribution in [0.3, 0.4) is 0 Å². The highest BCUT2D eigenvalue weighted by Gasteiger charge is 2.17. The normalized spacial score (nSPS) is 13.4. The van der Waals surface area contributed by atoms with E-state index in [0.717, 1.165) is 32.1 Å². The number of allylic oxidation sites excluding steroid dienone is 3. The van der Waals surface area contributed by atoms with Crippen LogP contribution in [0.1, 0.15) is 174 Å². The van der Waals surface area contributed by atoms with Crippen molar-refractivity contribution in [1.29, 1.82) is 0 Å². The lowest BCUT2D eigenvalue weighted by atomic mass is 10.0. The van der Waals surface area contributed by atoms with Gasteiger partial charge < -0.3 is 15.5 Å². The predicted octanol–water partition coefficient (Wildman–Crippen LogP) is 9.73. The lowest BCUT2D eigenvalue weighted by molar-refractivity contribution is -0.123. The molecule has 39 heavy (non-hydrogen) atoms. The van der Waals surface area contributed by atoms with Gasteiger partial charge in [-0.2, -0.15) is 0 Å². The Kier molecular flexibility index (Phi) is 30.5. The van der Waals surface area contributed by atoms with E-state index in [0.29, 0.717) is 6.42 Å². The largest absolute Gasteiger partial charge is 0.394 e. The fourth-order valence-electron chi connectivity index (χ4n) is 5.02. The van der Waals surface area contributed by atoms with E-state index >= 15 is 0 Å². The van der Waals surface area contributed by atoms with Gasteiger partial charge in [-0.05, 0) is 32.1 Å². The van der Waals surface area contributed by atoms with Crippen molar-refractivity contribution in [3.63, 3.8) is 0 Å². The van der Waals surface area contributed by atoms with Crippen molar-refractivity contribution in [2.24, 2.45) is 0 Å². The maximum absolute atomic E-state index is 12.3. The number of carbonyl (C=O) groups excluding carboxylic acids is 1. The first kappa shape index (κ1) is 37.9. The average molecular weight is 550 g/mol. The Morgan fingerprint density at radius 2 is 1.00 bits per heavy atom. The van der Waals surface area contributed by atoms with E-state index < -0.39 is 12.1 Å². The number of aliphatic hydroxyl groups is 2. The molecule has 4 nitrogen and oxygen atoms in total. The zero-order valence-corrected chi connectivity index (χ0v) is 26.2. The minimum absolute atomic E-state index is 0.0755. The van der Waals surface area contributed by atoms with Crippen LogP contribution in [-0.2, 0) is 4.79 Å². The summed E-state index contributed by atoms with van der Waals surface area (Å²) in [5.74, 6) is -0.0755. The molecule has 0 heterocycles. The molecule has 0 unspecified atom stereocenters. The van der Waals surface area contributed by atoms with Crippen molar-refractivity contribution in [2.45, 2.75) is 187 Å². The molecule has 0 aromatic carbocycles. The van der Waals surface area contributed by atoms with Crippen molar-refractivity contribution < 1.29 is 15.0 Å². The zero-order valence-electron chi connectivity index (χ0n) is 26.2. The third-order valence-corrected chi connectivity index (χ3v) is 7.69. The lowest BCUT2D eigenvalue weighted by Crippen LogP contribution is -2.45. The van der Waals surface area contributed by atoms with Gasteiger partial charge in [0.15, 0.2) is 0 Å². The number of unbranched alkanes of at least 4 members (excludes halogenated alkanes) is 21. The molecule has 0 radical (unpaired) electrons. The van der Waals surface area contributed by atoms with Crippen LogP contribution < -0.4 is 5.32 Å². The van der Waals surface area contributed by atoms with Crippen LogP contribution in [0.4, 0.5) is 0 Å². The van der Waals surface area contributed by atoms with Gasteiger partial charge in [-0.3, -0.25) is 4.79 Å². The van der Waals surface area contributed by atoms with Gasteiger partial charge in [-0.1, -0.05) is 160 Å². The predicted molar refractivity (Wildman–Crippen MR) is 170 cm³/mol. The van der Waals surface area contributed by atoms with Crippen LogP contribution in [0.2, 0.25) is 0 Å². The Bertz CT molecular complexity index is 560. The van der Waals surface area contributed by atoms with Crippen LogP contribution >= 0.6 is 0 Å². The van der Waals surface area contributed by atoms with Crippen molar-refractivity contribution in [2.75, 3.05) is 6.61 Å². The molecule has 0 spiro atoms. The molecule has 0 bridgehead atoms. The quantitative estimate of drug-likeness (QED) is 0.0617. The Labute approximate surface area is 243 Å². The molecule has 0 saturated heterocycles. The smallest absolute Gasteiger partial charge is 0.220 e. The highest BCUT2D eigenvalue weighted by atomic mass is 16.3. The third kappa shape index (κ3) is 28.2. The number of amides is 1. The zero-order chi connectivity index (χ0) is 28.7. The number of hydrogen-bond donors (Lipinski definition) is 3. The third-order valence-electron chi connectivity index (χ3n) is 7.69. The number of rotatable bonds is 30. The maximum Gasteiger partial charge on any atom is 0.220 e. The second-order valence-electron chi connectivity index (χ2n) is 11.6. The summed E-state index contributed by atoms with van der Waals surface area (Å²) in [6.07, 6.45) is 38.3. The summed E-state index contributed by atoms with van der Waals surface area (Å²) < 4.78 is 0. The van der Waals surface area contributed by atoms with Crippen LogP contribution in [0.5, 0.6) is 0 Å². The first-order chi connectivity index (χ1) is 19.2. The van der Waals surface area contributed by atoms with Crippen LogP contribution in [0.15, 0.2) is 24.3 Å². The van der Waals surface area contributed by atoms with Gasteiger partial charge in [0.05, 0.1) is 18.8 Å². The molecule has 0 aliphatic rings. The lowest BCUT2D eigenvalue weighted by Gasteiger charge is -2.19. The summed E-state index contributed by atoms with van der Waals surface area (Å²) in [6.45, 7) is 4.25. The van der Waals surface area contributed by atoms with E-state index in [-0.39, 0.29) is 12.5 Å². The summed E-state index contributed by atoms with van der Waals surface area (Å²) in [6, 6.07) is -0.631. The summed E-state index contributed by atoms with van der Waals surface area (Å²) in [5.41, 5.74) is 0. The molecule has 2 atom stereocenters. The van der Waals surface area contributed by atoms with Crippen molar-refractivity contribution in [1.82, 2.24) is 5.32 Å². The standard InChI is InChI=1S/C35H67NO3/c1-3-5-7-9-11-13-15-16-17-18-19-20-21-23-25-27-29-31-35(39)36-33(32-37)34(38)30-28-26-24-22-14-12-10-8-6-4-2/h14,22,28,30,33-34,37-38H,3-13,15-21,23-27,29,31-32H2,1-2H3,(H,36,39)/b22-14+,30-28+/t33-,34+/m0/s1. The Morgan fingerprint density at radius 3 is 1.49 bits per heavy atom. The molecule has 1 amide bonds. The van der Waals surface area contributed by atoms with Crippen molar-refractivity contribution in [3.8, 4) is 0 Å². The first-order valence-corrected chi connectivity index (χ1v) is 17.1. The minimum Gasteiger partial charge on any atom is -0.394 e. The Balaban J connectivity index is 3.61. The minimum atomic E-state index is -0.854. The topological polar surface area (TPSA) is 69.6 Å². The van der Waals surface area contributed by atoms with E-state index in [1.165, 1.54) is 122 Å². The van der Waals surface area contributed by atoms with Crippen LogP contribution in [0.25, 0.3) is 0 Å². The first-order valence-electron chi connectivity index (χ1n) is 17.1. The molecule has 0 aromatic rings. The summed E-state index contributed by atoms with van der Waals surface area (Å²) >= 11 is 0. The van der Waals surface area contributed by atoms with E-state index in [1.807, 2.05) is 6.08 Å². The summed E-state index contributed by atoms with van der Waals surface area (Å²) in [4.78, 5) is 12.3. The molecule has 0 saturated carbocycles. The van der Waals surface area contributed by atoms with Gasteiger partial charge in [0.25, 0.3) is 0 Å². The van der Waals surface area contributed by atoms with E-state index in [4.69, 9.17) is 0 Å². The highest BCUT2D eigenvalue weighted by Crippen LogP contribution is 2.14. The Morgan fingerprint density at radius 1 is 0.590 bits per heavy atom. The number of hydrogen-bond acceptors (Lipinski definition) is 3. The molecule has 3 N–H and O–H groups in total. The molecule has 0 rings (SSSR count). The van der Waals surface area contributed by atoms with Gasteiger partial charge in [-0.25, -0.2) is 0 Å². The second-order valence-corrected chi connectivity index (χ2v) is 11.6. The molecule has 0 fully saturated rings. The van der Waals surface area contributed by atoms with E-state index in [1.54, 1.807) is 6.08 Å². The fraction of sp³-hybridized carbons (Fsp3) is 0.857. The molecular weight excluding hydrogens is 482 g/mol. The highest BCUT2D eigenvalue weighted by molar-refractivity contribution is 5.76. The molecular formula is C35H67NO3. The van der Waals surface area contributed by atoms with Crippen molar-refractivity contribution >= 4 is 5.91 Å². The van der Waals surface area contributed by atoms with Crippen LogP contribution in [-0.4, -0.2) is 34.9 Å².